The van der Waals surface area contributed by atoms with Gasteiger partial charge in [0.2, 0.25) is 5.91 Å². The first-order chi connectivity index (χ1) is 8.57. The van der Waals surface area contributed by atoms with E-state index in [1.165, 1.54) is 0 Å². The van der Waals surface area contributed by atoms with E-state index < -0.39 is 5.41 Å². The van der Waals surface area contributed by atoms with Crippen molar-refractivity contribution in [1.29, 1.82) is 0 Å². The summed E-state index contributed by atoms with van der Waals surface area (Å²) in [6.45, 7) is 7.13. The summed E-state index contributed by atoms with van der Waals surface area (Å²) in [7, 11) is 0. The molecule has 0 saturated heterocycles. The van der Waals surface area contributed by atoms with Crippen LogP contribution in [0.15, 0.2) is 18.7 Å². The van der Waals surface area contributed by atoms with Gasteiger partial charge in [-0.25, -0.2) is 4.98 Å². The molecule has 0 aromatic carbocycles. The predicted molar refractivity (Wildman–Crippen MR) is 86.4 cm³/mol. The van der Waals surface area contributed by atoms with Crippen molar-refractivity contribution in [2.24, 2.45) is 11.1 Å². The first kappa shape index (κ1) is 21.5. The lowest BCUT2D eigenvalue weighted by molar-refractivity contribution is -0.131. The quantitative estimate of drug-likeness (QED) is 0.805. The second kappa shape index (κ2) is 10.0. The maximum atomic E-state index is 12.3. The number of nitrogens with zero attached hydrogens (tertiary/aromatic N) is 2. The molecule has 1 aromatic rings. The zero-order chi connectivity index (χ0) is 13.6. The van der Waals surface area contributed by atoms with Gasteiger partial charge < -0.3 is 15.6 Å². The van der Waals surface area contributed by atoms with Gasteiger partial charge in [-0.15, -0.1) is 24.8 Å². The number of halogens is 2. The lowest BCUT2D eigenvalue weighted by Gasteiger charge is -2.30. The molecule has 20 heavy (non-hydrogen) atoms. The van der Waals surface area contributed by atoms with Crippen LogP contribution >= 0.6 is 24.8 Å². The fourth-order valence-electron chi connectivity index (χ4n) is 2.09. The average Bonchev–Trinajstić information content (AvgIpc) is 2.84. The molecule has 0 spiro atoms. The number of rotatable bonds is 7. The summed E-state index contributed by atoms with van der Waals surface area (Å²) >= 11 is 0. The number of amides is 1. The number of hydrogen-bond donors (Lipinski definition) is 2. The fourth-order valence-corrected chi connectivity index (χ4v) is 2.09. The van der Waals surface area contributed by atoms with Crippen molar-refractivity contribution in [1.82, 2.24) is 14.9 Å². The summed E-state index contributed by atoms with van der Waals surface area (Å²) in [5, 5.41) is 3.04. The molecule has 1 aromatic heterocycles. The molecule has 118 valence electrons. The van der Waals surface area contributed by atoms with E-state index in [1.807, 2.05) is 31.5 Å². The minimum absolute atomic E-state index is 0. The molecule has 0 aliphatic heterocycles. The molecular weight excluding hydrogens is 299 g/mol. The third-order valence-electron chi connectivity index (χ3n) is 3.65. The second-order valence-corrected chi connectivity index (χ2v) is 4.83. The van der Waals surface area contributed by atoms with E-state index in [-0.39, 0.29) is 36.8 Å². The third kappa shape index (κ3) is 5.31. The molecule has 0 bridgehead atoms. The van der Waals surface area contributed by atoms with Crippen molar-refractivity contribution in [2.45, 2.75) is 46.2 Å². The van der Waals surface area contributed by atoms with Gasteiger partial charge in [-0.1, -0.05) is 13.8 Å². The summed E-state index contributed by atoms with van der Waals surface area (Å²) in [6, 6.07) is 0.0655. The third-order valence-corrected chi connectivity index (χ3v) is 3.65. The van der Waals surface area contributed by atoms with E-state index in [1.54, 1.807) is 12.5 Å². The fraction of sp³-hybridized carbons (Fsp3) is 0.692. The summed E-state index contributed by atoms with van der Waals surface area (Å²) in [6.07, 6.45) is 6.90. The van der Waals surface area contributed by atoms with Crippen LogP contribution in [0.2, 0.25) is 0 Å². The Labute approximate surface area is 133 Å². The Hall–Kier alpha value is -0.780. The number of carbonyl (C=O) groups excluding carboxylic acids is 1. The number of nitrogens with one attached hydrogen (secondary N) is 1. The Kier molecular flexibility index (Phi) is 10.8. The van der Waals surface area contributed by atoms with Crippen molar-refractivity contribution in [3.63, 3.8) is 0 Å². The highest BCUT2D eigenvalue weighted by atomic mass is 35.5. The van der Waals surface area contributed by atoms with E-state index in [4.69, 9.17) is 5.73 Å². The van der Waals surface area contributed by atoms with Crippen molar-refractivity contribution >= 4 is 30.7 Å². The van der Waals surface area contributed by atoms with E-state index in [2.05, 4.69) is 10.3 Å². The van der Waals surface area contributed by atoms with E-state index >= 15 is 0 Å². The van der Waals surface area contributed by atoms with Gasteiger partial charge in [-0.2, -0.15) is 0 Å². The zero-order valence-electron chi connectivity index (χ0n) is 12.3. The van der Waals surface area contributed by atoms with Crippen LogP contribution < -0.4 is 11.1 Å². The maximum absolute atomic E-state index is 12.3. The van der Waals surface area contributed by atoms with Crippen LogP contribution in [0.3, 0.4) is 0 Å². The van der Waals surface area contributed by atoms with Gasteiger partial charge in [-0.05, 0) is 19.8 Å². The lowest BCUT2D eigenvalue weighted by Crippen LogP contribution is -2.48. The van der Waals surface area contributed by atoms with Crippen LogP contribution in [-0.2, 0) is 11.3 Å². The molecule has 1 atom stereocenters. The predicted octanol–water partition coefficient (Wildman–Crippen LogP) is 2.00. The van der Waals surface area contributed by atoms with E-state index in [0.29, 0.717) is 6.54 Å². The molecule has 0 radical (unpaired) electrons. The molecule has 5 nitrogen and oxygen atoms in total. The smallest absolute Gasteiger partial charge is 0.227 e. The van der Waals surface area contributed by atoms with Gasteiger partial charge in [0.25, 0.3) is 0 Å². The maximum Gasteiger partial charge on any atom is 0.227 e. The minimum Gasteiger partial charge on any atom is -0.351 e. The normalized spacial score (nSPS) is 12.0. The number of hydrogen-bond acceptors (Lipinski definition) is 3. The highest BCUT2D eigenvalue weighted by Gasteiger charge is 2.33. The summed E-state index contributed by atoms with van der Waals surface area (Å²) in [5.41, 5.74) is 5.34. The molecule has 0 saturated carbocycles. The van der Waals surface area contributed by atoms with Crippen LogP contribution in [0.1, 0.15) is 33.6 Å². The van der Waals surface area contributed by atoms with Gasteiger partial charge in [0, 0.05) is 31.5 Å². The van der Waals surface area contributed by atoms with Crippen LogP contribution in [0.4, 0.5) is 0 Å². The monoisotopic (exact) mass is 324 g/mol. The molecule has 1 amide bonds. The number of aromatic nitrogens is 2. The van der Waals surface area contributed by atoms with Crippen LogP contribution in [0, 0.1) is 5.41 Å². The number of nitrogens with two attached hydrogens (primary N) is 1. The second-order valence-electron chi connectivity index (χ2n) is 4.83. The SMILES string of the molecule is CCC(CC)(CN)C(=O)NC(C)Cn1ccnc1.Cl.Cl. The van der Waals surface area contributed by atoms with Crippen LogP contribution in [0.5, 0.6) is 0 Å². The molecule has 7 heteroatoms. The molecule has 3 N–H and O–H groups in total. The number of carbonyl (C=O) groups is 1. The molecular formula is C13H26Cl2N4O. The summed E-state index contributed by atoms with van der Waals surface area (Å²) in [5.74, 6) is 0.0580. The Balaban J connectivity index is 0. The standard InChI is InChI=1S/C13H24N4O.2ClH/c1-4-13(5-2,9-14)12(18)16-11(3)8-17-7-6-15-10-17;;/h6-7,10-11H,4-5,8-9,14H2,1-3H3,(H,16,18);2*1H. The van der Waals surface area contributed by atoms with Gasteiger partial charge in [0.05, 0.1) is 11.7 Å². The molecule has 0 fully saturated rings. The molecule has 1 rings (SSSR count). The first-order valence-electron chi connectivity index (χ1n) is 6.54. The van der Waals surface area contributed by atoms with E-state index in [0.717, 1.165) is 19.4 Å². The Morgan fingerprint density at radius 2 is 2.00 bits per heavy atom. The van der Waals surface area contributed by atoms with Crippen LogP contribution in [-0.4, -0.2) is 28.0 Å². The zero-order valence-corrected chi connectivity index (χ0v) is 14.0. The topological polar surface area (TPSA) is 72.9 Å². The number of imidazole rings is 1. The molecule has 0 aliphatic rings. The summed E-state index contributed by atoms with van der Waals surface area (Å²) in [4.78, 5) is 16.3. The highest BCUT2D eigenvalue weighted by Crippen LogP contribution is 2.25. The Morgan fingerprint density at radius 3 is 2.40 bits per heavy atom. The van der Waals surface area contributed by atoms with Crippen molar-refractivity contribution in [3.05, 3.63) is 18.7 Å². The minimum atomic E-state index is -0.427. The molecule has 0 aliphatic carbocycles. The first-order valence-corrected chi connectivity index (χ1v) is 6.54. The highest BCUT2D eigenvalue weighted by molar-refractivity contribution is 5.85. The van der Waals surface area contributed by atoms with Crippen LogP contribution in [0.25, 0.3) is 0 Å². The average molecular weight is 325 g/mol. The van der Waals surface area contributed by atoms with Crippen molar-refractivity contribution in [3.8, 4) is 0 Å². The lowest BCUT2D eigenvalue weighted by atomic mass is 9.81. The van der Waals surface area contributed by atoms with Gasteiger partial charge in [-0.3, -0.25) is 4.79 Å². The molecule has 1 unspecified atom stereocenters. The summed E-state index contributed by atoms with van der Waals surface area (Å²) < 4.78 is 1.95. The van der Waals surface area contributed by atoms with Gasteiger partial charge in [0.1, 0.15) is 0 Å². The van der Waals surface area contributed by atoms with Crippen molar-refractivity contribution in [2.75, 3.05) is 6.54 Å². The van der Waals surface area contributed by atoms with Gasteiger partial charge >= 0.3 is 0 Å². The van der Waals surface area contributed by atoms with Crippen molar-refractivity contribution < 1.29 is 4.79 Å². The Bertz CT molecular complexity index is 358. The Morgan fingerprint density at radius 1 is 1.40 bits per heavy atom. The largest absolute Gasteiger partial charge is 0.351 e. The molecule has 1 heterocycles. The van der Waals surface area contributed by atoms with E-state index in [9.17, 15) is 4.79 Å². The van der Waals surface area contributed by atoms with Gasteiger partial charge in [0.15, 0.2) is 0 Å².